The fourth-order valence-electron chi connectivity index (χ4n) is 3.83. The zero-order valence-corrected chi connectivity index (χ0v) is 16.5. The molecule has 1 aliphatic heterocycles. The van der Waals surface area contributed by atoms with Crippen molar-refractivity contribution in [1.29, 1.82) is 0 Å². The summed E-state index contributed by atoms with van der Waals surface area (Å²) in [5, 5.41) is 1.03. The van der Waals surface area contributed by atoms with Crippen molar-refractivity contribution in [2.24, 2.45) is 0 Å². The van der Waals surface area contributed by atoms with Gasteiger partial charge >= 0.3 is 13.9 Å². The Labute approximate surface area is 166 Å². The van der Waals surface area contributed by atoms with Gasteiger partial charge in [0.15, 0.2) is 0 Å². The Hall–Kier alpha value is -2.26. The van der Waals surface area contributed by atoms with Crippen molar-refractivity contribution in [3.8, 4) is 0 Å². The van der Waals surface area contributed by atoms with Gasteiger partial charge < -0.3 is 14.4 Å². The fourth-order valence-corrected chi connectivity index (χ4v) is 4.10. The molecule has 2 aromatic rings. The van der Waals surface area contributed by atoms with Gasteiger partial charge in [-0.25, -0.2) is 19.2 Å². The minimum atomic E-state index is -4.80. The van der Waals surface area contributed by atoms with E-state index in [1.54, 1.807) is 6.20 Å². The number of fused-ring (bicyclic) bond motifs is 1. The third-order valence-electron chi connectivity index (χ3n) is 5.62. The van der Waals surface area contributed by atoms with Crippen molar-refractivity contribution in [3.63, 3.8) is 0 Å². The highest BCUT2D eigenvalue weighted by Gasteiger charge is 2.36. The number of carbonyl (C=O) groups is 2. The summed E-state index contributed by atoms with van der Waals surface area (Å²) in [7, 11) is -4.80. The molecule has 0 atom stereocenters. The van der Waals surface area contributed by atoms with E-state index in [-0.39, 0.29) is 13.0 Å². The van der Waals surface area contributed by atoms with E-state index < -0.39 is 26.5 Å². The number of pyridine rings is 1. The molecule has 0 unspecified atom stereocenters. The molecule has 0 radical (unpaired) electrons. The van der Waals surface area contributed by atoms with Gasteiger partial charge in [-0.05, 0) is 43.2 Å². The first-order valence-corrected chi connectivity index (χ1v) is 11.2. The Balaban J connectivity index is 1.46. The summed E-state index contributed by atoms with van der Waals surface area (Å²) in [5.41, 5.74) is 2.73. The van der Waals surface area contributed by atoms with E-state index in [1.807, 2.05) is 6.07 Å². The molecule has 29 heavy (non-hydrogen) atoms. The molecular weight excluding hydrogens is 399 g/mol. The van der Waals surface area contributed by atoms with Crippen molar-refractivity contribution in [2.75, 3.05) is 18.2 Å². The average Bonchev–Trinajstić information content (AvgIpc) is 3.58. The molecule has 10 nitrogen and oxygen atoms in total. The molecular formula is C18H21N4O6P. The summed E-state index contributed by atoms with van der Waals surface area (Å²) in [5.74, 6) is -0.00590. The van der Waals surface area contributed by atoms with Gasteiger partial charge in [0.05, 0.1) is 11.9 Å². The number of rotatable bonds is 6. The second kappa shape index (κ2) is 6.63. The summed E-state index contributed by atoms with van der Waals surface area (Å²) in [6.45, 7) is -0.612. The molecule has 0 spiro atoms. The predicted molar refractivity (Wildman–Crippen MR) is 102 cm³/mol. The van der Waals surface area contributed by atoms with Crippen molar-refractivity contribution in [3.05, 3.63) is 24.0 Å². The fraction of sp³-hybridized carbons (Fsp3) is 0.500. The van der Waals surface area contributed by atoms with E-state index in [0.717, 1.165) is 36.7 Å². The molecule has 2 aliphatic carbocycles. The number of aromatic nitrogens is 2. The summed E-state index contributed by atoms with van der Waals surface area (Å²) in [4.78, 5) is 49.4. The summed E-state index contributed by atoms with van der Waals surface area (Å²) < 4.78 is 17.5. The molecule has 3 amide bonds. The quantitative estimate of drug-likeness (QED) is 0.688. The van der Waals surface area contributed by atoms with E-state index >= 15 is 0 Å². The summed E-state index contributed by atoms with van der Waals surface area (Å²) in [6, 6.07) is 1.76. The van der Waals surface area contributed by atoms with Gasteiger partial charge in [0.25, 0.3) is 0 Å². The standard InChI is InChI=1S/C18H21N4O6P/c23-16-5-6-20(18(24)22(16)10-28-29(25,26)27)13-7-14-15(11-1-2-11)9-21(12-3-4-12)17(14)19-8-13/h7-9,11-12H,1-6,10H2,(H2,25,26,27). The van der Waals surface area contributed by atoms with Crippen LogP contribution < -0.4 is 4.90 Å². The van der Waals surface area contributed by atoms with Crippen LogP contribution >= 0.6 is 7.82 Å². The lowest BCUT2D eigenvalue weighted by Gasteiger charge is -2.33. The Bertz CT molecular complexity index is 1050. The van der Waals surface area contributed by atoms with Crippen LogP contribution in [0.15, 0.2) is 18.5 Å². The summed E-state index contributed by atoms with van der Waals surface area (Å²) in [6.07, 6.45) is 8.45. The second-order valence-electron chi connectivity index (χ2n) is 7.82. The highest BCUT2D eigenvalue weighted by Crippen LogP contribution is 2.47. The van der Waals surface area contributed by atoms with E-state index in [1.165, 1.54) is 10.5 Å². The Morgan fingerprint density at radius 2 is 1.97 bits per heavy atom. The number of hydrogen-bond donors (Lipinski definition) is 2. The normalized spacial score (nSPS) is 20.8. The number of hydrogen-bond acceptors (Lipinski definition) is 5. The van der Waals surface area contributed by atoms with Crippen molar-refractivity contribution < 1.29 is 28.5 Å². The average molecular weight is 420 g/mol. The van der Waals surface area contributed by atoms with E-state index in [0.29, 0.717) is 22.5 Å². The maximum Gasteiger partial charge on any atom is 0.471 e. The number of urea groups is 1. The number of amides is 3. The van der Waals surface area contributed by atoms with Crippen LogP contribution in [0.2, 0.25) is 0 Å². The van der Waals surface area contributed by atoms with Gasteiger partial charge in [0, 0.05) is 30.6 Å². The zero-order valence-electron chi connectivity index (χ0n) is 15.6. The first kappa shape index (κ1) is 18.7. The lowest BCUT2D eigenvalue weighted by molar-refractivity contribution is -0.131. The van der Waals surface area contributed by atoms with Gasteiger partial charge in [-0.1, -0.05) is 0 Å². The molecule has 1 saturated heterocycles. The summed E-state index contributed by atoms with van der Waals surface area (Å²) >= 11 is 0. The highest BCUT2D eigenvalue weighted by molar-refractivity contribution is 7.46. The molecule has 2 saturated carbocycles. The molecule has 2 aromatic heterocycles. The van der Waals surface area contributed by atoms with Gasteiger partial charge in [-0.15, -0.1) is 0 Å². The van der Waals surface area contributed by atoms with Crippen molar-refractivity contribution in [2.45, 2.75) is 44.1 Å². The Morgan fingerprint density at radius 1 is 1.21 bits per heavy atom. The van der Waals surface area contributed by atoms with Gasteiger partial charge in [0.2, 0.25) is 5.91 Å². The number of nitrogens with zero attached hydrogens (tertiary/aromatic N) is 4. The highest BCUT2D eigenvalue weighted by atomic mass is 31.2. The van der Waals surface area contributed by atoms with Crippen LogP contribution in [0.25, 0.3) is 11.0 Å². The van der Waals surface area contributed by atoms with Crippen LogP contribution in [-0.2, 0) is 13.9 Å². The number of anilines is 1. The lowest BCUT2D eigenvalue weighted by Crippen LogP contribution is -2.53. The third-order valence-corrected chi connectivity index (χ3v) is 6.07. The van der Waals surface area contributed by atoms with Crippen LogP contribution in [-0.4, -0.2) is 49.5 Å². The number of phosphoric acid groups is 1. The maximum atomic E-state index is 12.8. The number of phosphoric ester groups is 1. The lowest BCUT2D eigenvalue weighted by atomic mass is 10.1. The van der Waals surface area contributed by atoms with Crippen LogP contribution in [0.5, 0.6) is 0 Å². The molecule has 0 aromatic carbocycles. The largest absolute Gasteiger partial charge is 0.471 e. The topological polar surface area (TPSA) is 125 Å². The second-order valence-corrected chi connectivity index (χ2v) is 9.06. The molecule has 3 aliphatic rings. The van der Waals surface area contributed by atoms with Gasteiger partial charge in [-0.3, -0.25) is 14.2 Å². The Morgan fingerprint density at radius 3 is 2.62 bits per heavy atom. The van der Waals surface area contributed by atoms with Gasteiger partial charge in [0.1, 0.15) is 12.4 Å². The smallest absolute Gasteiger partial charge is 0.329 e. The van der Waals surface area contributed by atoms with E-state index in [2.05, 4.69) is 20.3 Å². The number of carbonyl (C=O) groups excluding carboxylic acids is 2. The van der Waals surface area contributed by atoms with E-state index in [9.17, 15) is 14.2 Å². The molecule has 3 fully saturated rings. The molecule has 0 bridgehead atoms. The SMILES string of the molecule is O=C1CCN(c2cnc3c(c2)c(C2CC2)cn3C2CC2)C(=O)N1COP(=O)(O)O. The molecule has 154 valence electrons. The molecule has 2 N–H and O–H groups in total. The molecule has 3 heterocycles. The van der Waals surface area contributed by atoms with Crippen molar-refractivity contribution >= 4 is 36.5 Å². The predicted octanol–water partition coefficient (Wildman–Crippen LogP) is 2.47. The van der Waals surface area contributed by atoms with Gasteiger partial charge in [-0.2, -0.15) is 0 Å². The number of imide groups is 1. The first-order chi connectivity index (χ1) is 13.8. The van der Waals surface area contributed by atoms with Crippen LogP contribution in [0, 0.1) is 0 Å². The third kappa shape index (κ3) is 3.57. The van der Waals surface area contributed by atoms with Crippen LogP contribution in [0.1, 0.15) is 49.6 Å². The van der Waals surface area contributed by atoms with E-state index in [4.69, 9.17) is 9.79 Å². The minimum absolute atomic E-state index is 0.0346. The van der Waals surface area contributed by atoms with Crippen molar-refractivity contribution in [1.82, 2.24) is 14.5 Å². The van der Waals surface area contributed by atoms with Crippen LogP contribution in [0.4, 0.5) is 10.5 Å². The monoisotopic (exact) mass is 420 g/mol. The minimum Gasteiger partial charge on any atom is -0.329 e. The molecule has 11 heteroatoms. The van der Waals surface area contributed by atoms with Crippen LogP contribution in [0.3, 0.4) is 0 Å². The maximum absolute atomic E-state index is 12.8. The first-order valence-electron chi connectivity index (χ1n) is 9.64. The Kier molecular flexibility index (Phi) is 4.29. The molecule has 5 rings (SSSR count). The zero-order chi connectivity index (χ0) is 20.3.